The lowest BCUT2D eigenvalue weighted by atomic mass is 9.64. The minimum Gasteiger partial charge on any atom is -0.756 e. The van der Waals surface area contributed by atoms with Gasteiger partial charge in [0.05, 0.1) is 18.3 Å². The van der Waals surface area contributed by atoms with Crippen molar-refractivity contribution in [2.45, 2.75) is 57.0 Å². The molecule has 3 aromatic rings. The number of amides is 2. The number of hydrogen-bond acceptors (Lipinski definition) is 14. The molecule has 0 bridgehead atoms. The van der Waals surface area contributed by atoms with Crippen LogP contribution in [0.4, 0.5) is 5.69 Å². The Balaban J connectivity index is 1.06. The second kappa shape index (κ2) is 21.0. The number of nitrogens with one attached hydrogen (secondary N) is 2. The van der Waals surface area contributed by atoms with Crippen molar-refractivity contribution in [2.24, 2.45) is 0 Å². The van der Waals surface area contributed by atoms with E-state index >= 15 is 0 Å². The van der Waals surface area contributed by atoms with Gasteiger partial charge >= 0.3 is 21.3 Å². The van der Waals surface area contributed by atoms with Crippen LogP contribution in [0.2, 0.25) is 0 Å². The first-order valence-corrected chi connectivity index (χ1v) is 25.9. The summed E-state index contributed by atoms with van der Waals surface area (Å²) in [6, 6.07) is 14.0. The van der Waals surface area contributed by atoms with Crippen molar-refractivity contribution in [1.29, 1.82) is 0 Å². The number of phosphoric ester groups is 1. The van der Waals surface area contributed by atoms with Gasteiger partial charge in [0.2, 0.25) is 5.91 Å². The summed E-state index contributed by atoms with van der Waals surface area (Å²) in [4.78, 5) is 96.5. The number of nitrogens with zero attached hydrogens (tertiary/aromatic N) is 4. The number of anilines is 1. The monoisotopic (exact) mass is 1020 g/mol. The van der Waals surface area contributed by atoms with Gasteiger partial charge in [-0.15, -0.1) is 0 Å². The summed E-state index contributed by atoms with van der Waals surface area (Å²) in [6.07, 6.45) is 6.32. The number of carbonyl (C=O) groups excluding carboxylic acids is 2. The largest absolute Gasteiger partial charge is 0.756 e. The number of aliphatic hydroxyl groups is 1. The van der Waals surface area contributed by atoms with Crippen molar-refractivity contribution >= 4 is 58.3 Å². The van der Waals surface area contributed by atoms with E-state index in [2.05, 4.69) is 83.2 Å². The summed E-state index contributed by atoms with van der Waals surface area (Å²) >= 11 is 0. The smallest absolute Gasteiger partial charge is 0.487 e. The normalized spacial score (nSPS) is 21.1. The van der Waals surface area contributed by atoms with E-state index in [1.807, 2.05) is 52.5 Å². The summed E-state index contributed by atoms with van der Waals surface area (Å²) < 4.78 is 54.6. The molecule has 6 N–H and O–H groups in total. The van der Waals surface area contributed by atoms with Crippen molar-refractivity contribution < 1.29 is 70.4 Å². The molecule has 1 fully saturated rings. The molecule has 2 amide bonds. The SMILES string of the molecule is CN(CCCC(=O)NC/C=C/c1cn([C@H]2C[C@H](O)[C@@H](COP(=O)(O)OP(=O)(O)OP(=O)([O-])O)O2)c(=O)[nH]c1=O)C(=O)c1ccccc1C1=C2C=CC(=[N+](C)C)C=C2C(C)(C)c2cc(N(C)C)ccc21. The predicted octanol–water partition coefficient (Wildman–Crippen LogP) is 2.95. The fourth-order valence-electron chi connectivity index (χ4n) is 8.13. The minimum atomic E-state index is -5.87. The first-order chi connectivity index (χ1) is 32.2. The Labute approximate surface area is 397 Å². The van der Waals surface area contributed by atoms with Gasteiger partial charge in [-0.2, -0.15) is 4.31 Å². The van der Waals surface area contributed by atoms with Crippen molar-refractivity contribution in [1.82, 2.24) is 19.8 Å². The van der Waals surface area contributed by atoms with Crippen LogP contribution in [0, 0.1) is 0 Å². The van der Waals surface area contributed by atoms with Crippen LogP contribution in [-0.4, -0.2) is 123 Å². The number of ether oxygens (including phenoxy) is 1. The van der Waals surface area contributed by atoms with E-state index in [1.54, 1.807) is 11.9 Å². The molecule has 3 unspecified atom stereocenters. The Kier molecular flexibility index (Phi) is 16.2. The summed E-state index contributed by atoms with van der Waals surface area (Å²) in [7, 11) is -7.53. The summed E-state index contributed by atoms with van der Waals surface area (Å²) in [5, 5.41) is 13.2. The number of rotatable bonds is 18. The van der Waals surface area contributed by atoms with E-state index in [9.17, 15) is 52.7 Å². The van der Waals surface area contributed by atoms with Crippen LogP contribution < -0.4 is 26.4 Å². The summed E-state index contributed by atoms with van der Waals surface area (Å²) in [5.41, 5.74) is 6.67. The van der Waals surface area contributed by atoms with E-state index in [0.717, 1.165) is 55.6 Å². The van der Waals surface area contributed by atoms with E-state index in [-0.39, 0.29) is 48.7 Å². The summed E-state index contributed by atoms with van der Waals surface area (Å²) in [6.45, 7) is 3.73. The number of aliphatic hydroxyl groups excluding tert-OH is 1. The first kappa shape index (κ1) is 53.2. The van der Waals surface area contributed by atoms with E-state index < -0.39 is 59.8 Å². The molecule has 0 radical (unpaired) electrons. The molecule has 1 aromatic heterocycles. The molecule has 2 aromatic carbocycles. The van der Waals surface area contributed by atoms with Gasteiger partial charge in [0.15, 0.2) is 5.71 Å². The molecule has 6 rings (SSSR count). The lowest BCUT2D eigenvalue weighted by Crippen LogP contribution is -2.33. The van der Waals surface area contributed by atoms with Crippen LogP contribution >= 0.6 is 23.5 Å². The molecule has 6 atom stereocenters. The maximum absolute atomic E-state index is 14.2. The van der Waals surface area contributed by atoms with Gasteiger partial charge in [-0.05, 0) is 64.1 Å². The molecule has 25 heteroatoms. The highest BCUT2D eigenvalue weighted by Gasteiger charge is 2.42. The molecule has 1 saturated heterocycles. The van der Waals surface area contributed by atoms with Crippen molar-refractivity contribution in [3.8, 4) is 0 Å². The number of hydrogen-bond donors (Lipinski definition) is 6. The van der Waals surface area contributed by atoms with Gasteiger partial charge in [0.1, 0.15) is 26.4 Å². The molecule has 22 nitrogen and oxygen atoms in total. The van der Waals surface area contributed by atoms with Crippen LogP contribution in [0.25, 0.3) is 11.6 Å². The molecule has 2 heterocycles. The molecular weight excluding hydrogens is 961 g/mol. The topological polar surface area (TPSA) is 303 Å². The van der Waals surface area contributed by atoms with Gasteiger partial charge in [0, 0.05) is 82.1 Å². The number of aromatic amines is 1. The third-order valence-corrected chi connectivity index (χ3v) is 15.4. The van der Waals surface area contributed by atoms with E-state index in [4.69, 9.17) is 9.63 Å². The van der Waals surface area contributed by atoms with Crippen LogP contribution in [0.1, 0.15) is 71.9 Å². The molecule has 372 valence electrons. The first-order valence-electron chi connectivity index (χ1n) is 21.4. The Hall–Kier alpha value is -5.18. The highest BCUT2D eigenvalue weighted by Crippen LogP contribution is 2.65. The average Bonchev–Trinajstić information content (AvgIpc) is 3.63. The second-order valence-corrected chi connectivity index (χ2v) is 21.8. The van der Waals surface area contributed by atoms with Crippen LogP contribution in [0.5, 0.6) is 0 Å². The van der Waals surface area contributed by atoms with Crippen LogP contribution in [0.15, 0.2) is 93.7 Å². The number of benzene rings is 2. The Bertz CT molecular complexity index is 2950. The zero-order chi connectivity index (χ0) is 50.8. The quantitative estimate of drug-likeness (QED) is 0.0788. The van der Waals surface area contributed by atoms with Crippen molar-refractivity contribution in [3.05, 3.63) is 133 Å². The van der Waals surface area contributed by atoms with Crippen LogP contribution in [0.3, 0.4) is 0 Å². The third-order valence-electron chi connectivity index (χ3n) is 11.6. The molecular formula is C44H55N6O16P3. The zero-order valence-corrected chi connectivity index (χ0v) is 41.5. The summed E-state index contributed by atoms with van der Waals surface area (Å²) in [5.74, 6) is -0.528. The Morgan fingerprint density at radius 3 is 2.42 bits per heavy atom. The standard InChI is InChI=1S/C44H55N6O16P3/c1-44(2)34-22-28(47(3)4)16-18-32(34)40(33-19-17-29(48(5)6)23-35(33)44)30-13-8-9-14-31(30)42(54)49(7)21-11-15-38(52)45-20-10-12-27-25-50(43(55)46-41(27)53)39-24-36(51)37(64-39)26-63-68(59,60)66-69(61,62)65-67(56,57)58/h8-10,12-14,16-19,22-23,25,36-37,39,51H,11,15,20-21,24,26H2,1-7H3,(H5-,45,46,52,53,55,56,57,58,59,60,61,62)/b12-10+/t36-,37+,39+/m0/s1. The highest BCUT2D eigenvalue weighted by atomic mass is 31.3. The van der Waals surface area contributed by atoms with E-state index in [1.165, 1.54) is 12.2 Å². The number of fused-ring (bicyclic) bond motifs is 2. The zero-order valence-electron chi connectivity index (χ0n) is 38.8. The maximum atomic E-state index is 14.2. The lowest BCUT2D eigenvalue weighted by molar-refractivity contribution is -0.462. The fraction of sp³-hybridized carbons (Fsp3) is 0.386. The average molecular weight is 1020 g/mol. The lowest BCUT2D eigenvalue weighted by Gasteiger charge is -2.39. The number of phosphoric acid groups is 3. The van der Waals surface area contributed by atoms with Gasteiger partial charge in [0.25, 0.3) is 19.3 Å². The molecule has 0 spiro atoms. The maximum Gasteiger partial charge on any atom is 0.487 e. The Morgan fingerprint density at radius 2 is 1.74 bits per heavy atom. The number of carbonyl (C=O) groups is 2. The number of aromatic nitrogens is 2. The minimum absolute atomic E-state index is 0.0121. The molecule has 69 heavy (non-hydrogen) atoms. The Morgan fingerprint density at radius 1 is 1.03 bits per heavy atom. The van der Waals surface area contributed by atoms with Crippen molar-refractivity contribution in [3.63, 3.8) is 0 Å². The third kappa shape index (κ3) is 12.8. The van der Waals surface area contributed by atoms with Gasteiger partial charge in [-0.1, -0.05) is 50.3 Å². The molecule has 2 aliphatic carbocycles. The van der Waals surface area contributed by atoms with E-state index in [0.29, 0.717) is 12.0 Å². The van der Waals surface area contributed by atoms with Crippen LogP contribution in [-0.2, 0) is 41.8 Å². The van der Waals surface area contributed by atoms with Gasteiger partial charge < -0.3 is 44.5 Å². The van der Waals surface area contributed by atoms with Crippen molar-refractivity contribution in [2.75, 3.05) is 59.8 Å². The molecule has 0 saturated carbocycles. The van der Waals surface area contributed by atoms with Gasteiger partial charge in [-0.25, -0.2) is 22.8 Å². The van der Waals surface area contributed by atoms with Gasteiger partial charge in [-0.3, -0.25) is 33.0 Å². The predicted molar refractivity (Wildman–Crippen MR) is 252 cm³/mol. The fourth-order valence-corrected chi connectivity index (χ4v) is 11.1. The second-order valence-electron chi connectivity index (χ2n) is 17.4. The molecule has 3 aliphatic rings. The number of allylic oxidation sites excluding steroid dienone is 5. The highest BCUT2D eigenvalue weighted by molar-refractivity contribution is 7.66. The number of H-pyrrole nitrogens is 1. The molecule has 1 aliphatic heterocycles.